The highest BCUT2D eigenvalue weighted by atomic mass is 28.3. The first-order chi connectivity index (χ1) is 14.0. The SMILES string of the molecule is C=CCC(F)(F)[C@@](CC=C)(N[C@@H](COC)c1ccccc1)C(=O)OCC[Si](C)(C)C. The number of benzene rings is 1. The van der Waals surface area contributed by atoms with Gasteiger partial charge in [-0.15, -0.1) is 13.2 Å². The van der Waals surface area contributed by atoms with E-state index in [0.29, 0.717) is 6.04 Å². The van der Waals surface area contributed by atoms with E-state index in [4.69, 9.17) is 9.47 Å². The zero-order valence-electron chi connectivity index (χ0n) is 18.5. The Balaban J connectivity index is 3.36. The average Bonchev–Trinajstić information content (AvgIpc) is 2.66. The van der Waals surface area contributed by atoms with Gasteiger partial charge in [0.2, 0.25) is 0 Å². The number of carbonyl (C=O) groups excluding carboxylic acids is 1. The van der Waals surface area contributed by atoms with Crippen molar-refractivity contribution < 1.29 is 23.0 Å². The molecule has 1 aromatic rings. The summed E-state index contributed by atoms with van der Waals surface area (Å²) in [5.41, 5.74) is -1.56. The Kier molecular flexibility index (Phi) is 10.1. The molecule has 0 saturated carbocycles. The molecule has 0 fully saturated rings. The second-order valence-electron chi connectivity index (χ2n) is 8.60. The van der Waals surface area contributed by atoms with Gasteiger partial charge in [-0.25, -0.2) is 13.6 Å². The predicted octanol–water partition coefficient (Wildman–Crippen LogP) is 5.37. The summed E-state index contributed by atoms with van der Waals surface area (Å²) < 4.78 is 41.6. The van der Waals surface area contributed by atoms with Gasteiger partial charge in [-0.05, 0) is 11.6 Å². The number of alkyl halides is 2. The summed E-state index contributed by atoms with van der Waals surface area (Å²) in [6, 6.07) is 9.11. The first-order valence-corrected chi connectivity index (χ1v) is 13.8. The van der Waals surface area contributed by atoms with E-state index >= 15 is 8.78 Å². The fourth-order valence-electron chi connectivity index (χ4n) is 3.12. The summed E-state index contributed by atoms with van der Waals surface area (Å²) in [5, 5.41) is 2.90. The molecule has 1 N–H and O–H groups in total. The van der Waals surface area contributed by atoms with E-state index in [1.165, 1.54) is 13.2 Å². The second-order valence-corrected chi connectivity index (χ2v) is 14.2. The van der Waals surface area contributed by atoms with Crippen molar-refractivity contribution in [2.45, 2.75) is 56.0 Å². The second kappa shape index (κ2) is 11.5. The zero-order valence-corrected chi connectivity index (χ0v) is 19.5. The molecule has 0 aliphatic heterocycles. The zero-order chi connectivity index (χ0) is 22.8. The quantitative estimate of drug-likeness (QED) is 0.240. The maximum atomic E-state index is 15.4. The maximum absolute atomic E-state index is 15.4. The minimum absolute atomic E-state index is 0.106. The van der Waals surface area contributed by atoms with Crippen LogP contribution < -0.4 is 5.32 Å². The lowest BCUT2D eigenvalue weighted by Crippen LogP contribution is -2.65. The Morgan fingerprint density at radius 3 is 2.27 bits per heavy atom. The van der Waals surface area contributed by atoms with Crippen molar-refractivity contribution in [3.63, 3.8) is 0 Å². The smallest absolute Gasteiger partial charge is 0.333 e. The molecular weight excluding hydrogens is 404 g/mol. The van der Waals surface area contributed by atoms with Gasteiger partial charge >= 0.3 is 5.97 Å². The molecule has 30 heavy (non-hydrogen) atoms. The molecule has 4 nitrogen and oxygen atoms in total. The Bertz CT molecular complexity index is 691. The molecule has 0 saturated heterocycles. The van der Waals surface area contributed by atoms with E-state index in [1.54, 1.807) is 12.1 Å². The molecule has 0 bridgehead atoms. The number of hydrogen-bond donors (Lipinski definition) is 1. The van der Waals surface area contributed by atoms with E-state index < -0.39 is 38.0 Å². The van der Waals surface area contributed by atoms with Gasteiger partial charge in [-0.1, -0.05) is 62.1 Å². The summed E-state index contributed by atoms with van der Waals surface area (Å²) in [4.78, 5) is 13.2. The van der Waals surface area contributed by atoms with Crippen molar-refractivity contribution in [1.29, 1.82) is 0 Å². The number of nitrogens with one attached hydrogen (secondary N) is 1. The number of hydrogen-bond acceptors (Lipinski definition) is 4. The molecule has 0 aliphatic rings. The van der Waals surface area contributed by atoms with Crippen LogP contribution >= 0.6 is 0 Å². The van der Waals surface area contributed by atoms with Crippen LogP contribution in [0.4, 0.5) is 8.78 Å². The Labute approximate surface area is 180 Å². The third kappa shape index (κ3) is 7.14. The number of halogens is 2. The number of carbonyl (C=O) groups is 1. The monoisotopic (exact) mass is 439 g/mol. The molecule has 0 heterocycles. The molecular formula is C23H35F2NO3Si. The van der Waals surface area contributed by atoms with Gasteiger partial charge in [-0.2, -0.15) is 0 Å². The molecule has 1 aromatic carbocycles. The lowest BCUT2D eigenvalue weighted by atomic mass is 9.84. The minimum Gasteiger partial charge on any atom is -0.464 e. The minimum atomic E-state index is -3.44. The largest absolute Gasteiger partial charge is 0.464 e. The Morgan fingerprint density at radius 2 is 1.77 bits per heavy atom. The van der Waals surface area contributed by atoms with E-state index in [0.717, 1.165) is 11.6 Å². The lowest BCUT2D eigenvalue weighted by Gasteiger charge is -2.41. The number of esters is 1. The topological polar surface area (TPSA) is 47.6 Å². The molecule has 0 unspecified atom stereocenters. The lowest BCUT2D eigenvalue weighted by molar-refractivity contribution is -0.173. The first-order valence-electron chi connectivity index (χ1n) is 10.1. The van der Waals surface area contributed by atoms with E-state index in [9.17, 15) is 4.79 Å². The van der Waals surface area contributed by atoms with Crippen LogP contribution in [0.3, 0.4) is 0 Å². The maximum Gasteiger partial charge on any atom is 0.333 e. The van der Waals surface area contributed by atoms with Crippen molar-refractivity contribution in [1.82, 2.24) is 5.32 Å². The van der Waals surface area contributed by atoms with Crippen LogP contribution in [-0.2, 0) is 14.3 Å². The first kappa shape index (κ1) is 26.2. The number of methoxy groups -OCH3 is 1. The molecule has 0 spiro atoms. The highest BCUT2D eigenvalue weighted by molar-refractivity contribution is 6.76. The van der Waals surface area contributed by atoms with Crippen LogP contribution in [0.25, 0.3) is 0 Å². The van der Waals surface area contributed by atoms with Crippen LogP contribution in [0.1, 0.15) is 24.4 Å². The van der Waals surface area contributed by atoms with E-state index in [1.807, 2.05) is 18.2 Å². The van der Waals surface area contributed by atoms with Crippen LogP contribution in [0.2, 0.25) is 25.7 Å². The van der Waals surface area contributed by atoms with Crippen molar-refractivity contribution in [3.05, 3.63) is 61.2 Å². The standard InChI is InChI=1S/C23H35F2NO3Si/c1-7-14-22(23(24,25)15-8-2,21(27)29-16-17-30(4,5)6)26-20(18-28-3)19-12-10-9-11-13-19/h7-13,20,26H,1-2,14-18H2,3-6H3/t20-,22-/m0/s1. The van der Waals surface area contributed by atoms with Crippen molar-refractivity contribution in [2.24, 2.45) is 0 Å². The normalized spacial score (nSPS) is 15.1. The van der Waals surface area contributed by atoms with Crippen LogP contribution in [0.15, 0.2) is 55.6 Å². The van der Waals surface area contributed by atoms with Crippen molar-refractivity contribution >= 4 is 14.0 Å². The van der Waals surface area contributed by atoms with Crippen LogP contribution in [0, 0.1) is 0 Å². The molecule has 2 atom stereocenters. The molecule has 0 amide bonds. The third-order valence-electron chi connectivity index (χ3n) is 4.87. The molecule has 0 aliphatic carbocycles. The summed E-state index contributed by atoms with van der Waals surface area (Å²) in [7, 11) is -0.0145. The van der Waals surface area contributed by atoms with Gasteiger partial charge in [0.05, 0.1) is 19.3 Å². The molecule has 1 rings (SSSR count). The third-order valence-corrected chi connectivity index (χ3v) is 6.57. The van der Waals surface area contributed by atoms with Gasteiger partial charge in [0, 0.05) is 28.0 Å². The summed E-state index contributed by atoms with van der Waals surface area (Å²) in [6.07, 6.45) is 1.46. The van der Waals surface area contributed by atoms with E-state index in [2.05, 4.69) is 38.1 Å². The average molecular weight is 440 g/mol. The number of allylic oxidation sites excluding steroid dienone is 1. The fourth-order valence-corrected chi connectivity index (χ4v) is 3.84. The fraction of sp³-hybridized carbons (Fsp3) is 0.522. The van der Waals surface area contributed by atoms with Gasteiger partial charge in [0.15, 0.2) is 5.54 Å². The van der Waals surface area contributed by atoms with Crippen LogP contribution in [0.5, 0.6) is 0 Å². The van der Waals surface area contributed by atoms with Crippen molar-refractivity contribution in [3.8, 4) is 0 Å². The van der Waals surface area contributed by atoms with Crippen LogP contribution in [-0.4, -0.2) is 45.8 Å². The molecule has 7 heteroatoms. The predicted molar refractivity (Wildman–Crippen MR) is 121 cm³/mol. The summed E-state index contributed by atoms with van der Waals surface area (Å²) in [6.45, 7) is 13.7. The Hall–Kier alpha value is -1.83. The molecule has 0 aromatic heterocycles. The number of rotatable bonds is 14. The van der Waals surface area contributed by atoms with E-state index in [-0.39, 0.29) is 19.6 Å². The van der Waals surface area contributed by atoms with Gasteiger partial charge < -0.3 is 9.47 Å². The summed E-state index contributed by atoms with van der Waals surface area (Å²) >= 11 is 0. The summed E-state index contributed by atoms with van der Waals surface area (Å²) in [5.74, 6) is -4.43. The highest BCUT2D eigenvalue weighted by Crippen LogP contribution is 2.39. The molecule has 0 radical (unpaired) electrons. The highest BCUT2D eigenvalue weighted by Gasteiger charge is 2.59. The molecule has 168 valence electrons. The van der Waals surface area contributed by atoms with Gasteiger partial charge in [0.1, 0.15) is 0 Å². The van der Waals surface area contributed by atoms with Gasteiger partial charge in [0.25, 0.3) is 5.92 Å². The Morgan fingerprint density at radius 1 is 1.17 bits per heavy atom. The van der Waals surface area contributed by atoms with Crippen molar-refractivity contribution in [2.75, 3.05) is 20.3 Å². The van der Waals surface area contributed by atoms with Gasteiger partial charge in [-0.3, -0.25) is 5.32 Å². The number of ether oxygens (including phenoxy) is 2.